The summed E-state index contributed by atoms with van der Waals surface area (Å²) >= 11 is 12.3. The van der Waals surface area contributed by atoms with Gasteiger partial charge in [0.15, 0.2) is 5.76 Å². The summed E-state index contributed by atoms with van der Waals surface area (Å²) in [5, 5.41) is 3.83. The second-order valence-electron chi connectivity index (χ2n) is 6.65. The van der Waals surface area contributed by atoms with E-state index in [2.05, 4.69) is 10.9 Å². The number of furan rings is 2. The Morgan fingerprint density at radius 2 is 1.70 bits per heavy atom. The normalized spacial score (nSPS) is 11.1. The molecule has 30 heavy (non-hydrogen) atoms. The van der Waals surface area contributed by atoms with E-state index >= 15 is 0 Å². The fourth-order valence-corrected chi connectivity index (χ4v) is 3.72. The Hall–Kier alpha value is -3.41. The van der Waals surface area contributed by atoms with Crippen LogP contribution in [0.2, 0.25) is 10.0 Å². The van der Waals surface area contributed by atoms with Crippen molar-refractivity contribution in [3.05, 3.63) is 88.6 Å². The number of anilines is 1. The number of hydrazine groups is 1. The first-order chi connectivity index (χ1) is 14.6. The lowest BCUT2D eigenvalue weighted by molar-refractivity contribution is 0.0936. The van der Waals surface area contributed by atoms with Gasteiger partial charge in [-0.1, -0.05) is 59.6 Å². The highest BCUT2D eigenvalue weighted by atomic mass is 35.5. The summed E-state index contributed by atoms with van der Waals surface area (Å²) < 4.78 is 11.4. The van der Waals surface area contributed by atoms with Crippen LogP contribution in [0.1, 0.15) is 10.6 Å². The smallest absolute Gasteiger partial charge is 0.305 e. The van der Waals surface area contributed by atoms with E-state index in [-0.39, 0.29) is 5.76 Å². The molecule has 148 valence electrons. The Morgan fingerprint density at radius 1 is 0.833 bits per heavy atom. The lowest BCUT2D eigenvalue weighted by atomic mass is 10.1. The number of benzene rings is 3. The zero-order valence-corrected chi connectivity index (χ0v) is 16.9. The number of hydrogen-bond donors (Lipinski definition) is 2. The van der Waals surface area contributed by atoms with Crippen molar-refractivity contribution in [3.63, 3.8) is 0 Å². The number of halogens is 2. The van der Waals surface area contributed by atoms with E-state index in [1.165, 1.54) is 0 Å². The van der Waals surface area contributed by atoms with Gasteiger partial charge in [0.25, 0.3) is 0 Å². The van der Waals surface area contributed by atoms with Gasteiger partial charge in [-0.05, 0) is 41.1 Å². The van der Waals surface area contributed by atoms with Gasteiger partial charge in [0.1, 0.15) is 11.3 Å². The molecule has 0 saturated carbocycles. The van der Waals surface area contributed by atoms with Gasteiger partial charge >= 0.3 is 5.91 Å². The summed E-state index contributed by atoms with van der Waals surface area (Å²) in [7, 11) is 0. The maximum absolute atomic E-state index is 12.6. The van der Waals surface area contributed by atoms with Crippen LogP contribution in [0, 0.1) is 0 Å². The van der Waals surface area contributed by atoms with Gasteiger partial charge in [-0.25, -0.2) is 0 Å². The van der Waals surface area contributed by atoms with E-state index in [9.17, 15) is 4.79 Å². The second kappa shape index (κ2) is 7.44. The van der Waals surface area contributed by atoms with Gasteiger partial charge < -0.3 is 8.83 Å². The predicted octanol–water partition coefficient (Wildman–Crippen LogP) is 6.91. The monoisotopic (exact) mass is 436 g/mol. The number of carbonyl (C=O) groups excluding carboxylic acids is 1. The molecule has 7 heteroatoms. The Kier molecular flexibility index (Phi) is 4.62. The molecule has 0 spiro atoms. The van der Waals surface area contributed by atoms with Crippen molar-refractivity contribution in [2.75, 3.05) is 5.43 Å². The minimum atomic E-state index is -0.422. The van der Waals surface area contributed by atoms with Crippen LogP contribution in [0.3, 0.4) is 0 Å². The number of amides is 1. The standard InChI is InChI=1S/C23H14Cl2N2O3/c24-17-7-3-6-15(22(17)25)18-10-11-21(30-18)26-27-23(28)20-12-16-14-5-2-1-4-13(14)8-9-19(16)29-20/h1-12,26H,(H,27,28). The summed E-state index contributed by atoms with van der Waals surface area (Å²) in [6.07, 6.45) is 0. The summed E-state index contributed by atoms with van der Waals surface area (Å²) in [6, 6.07) is 22.2. The summed E-state index contributed by atoms with van der Waals surface area (Å²) in [5.74, 6) is 0.637. The van der Waals surface area contributed by atoms with E-state index in [4.69, 9.17) is 32.0 Å². The Morgan fingerprint density at radius 3 is 2.60 bits per heavy atom. The molecule has 0 aliphatic heterocycles. The highest BCUT2D eigenvalue weighted by Gasteiger charge is 2.15. The van der Waals surface area contributed by atoms with Crippen molar-refractivity contribution in [2.24, 2.45) is 0 Å². The largest absolute Gasteiger partial charge is 0.451 e. The predicted molar refractivity (Wildman–Crippen MR) is 119 cm³/mol. The molecule has 2 aromatic heterocycles. The minimum absolute atomic E-state index is 0.193. The average molecular weight is 437 g/mol. The van der Waals surface area contributed by atoms with Gasteiger partial charge in [-0.15, -0.1) is 0 Å². The molecule has 0 bridgehead atoms. The van der Waals surface area contributed by atoms with Crippen LogP contribution in [0.15, 0.2) is 81.6 Å². The third-order valence-corrected chi connectivity index (χ3v) is 5.59. The maximum Gasteiger partial charge on any atom is 0.305 e. The van der Waals surface area contributed by atoms with E-state index in [1.54, 1.807) is 36.4 Å². The molecule has 0 aliphatic carbocycles. The lowest BCUT2D eigenvalue weighted by Crippen LogP contribution is -2.28. The van der Waals surface area contributed by atoms with Crippen LogP contribution in [0.4, 0.5) is 5.88 Å². The van der Waals surface area contributed by atoms with E-state index < -0.39 is 5.91 Å². The number of fused-ring (bicyclic) bond motifs is 3. The van der Waals surface area contributed by atoms with Crippen molar-refractivity contribution in [1.82, 2.24) is 5.43 Å². The molecule has 1 amide bonds. The molecule has 0 unspecified atom stereocenters. The van der Waals surface area contributed by atoms with Crippen LogP contribution in [0.25, 0.3) is 33.1 Å². The molecule has 0 aliphatic rings. The number of rotatable bonds is 4. The zero-order valence-electron chi connectivity index (χ0n) is 15.4. The van der Waals surface area contributed by atoms with Gasteiger partial charge in [0.2, 0.25) is 5.88 Å². The third-order valence-electron chi connectivity index (χ3n) is 4.77. The van der Waals surface area contributed by atoms with Crippen molar-refractivity contribution in [2.45, 2.75) is 0 Å². The van der Waals surface area contributed by atoms with Gasteiger partial charge in [-0.3, -0.25) is 15.6 Å². The van der Waals surface area contributed by atoms with Crippen molar-refractivity contribution in [3.8, 4) is 11.3 Å². The van der Waals surface area contributed by atoms with E-state index in [0.717, 1.165) is 16.2 Å². The Bertz CT molecular complexity index is 1400. The molecule has 0 saturated heterocycles. The van der Waals surface area contributed by atoms with Gasteiger partial charge in [0.05, 0.1) is 10.0 Å². The average Bonchev–Trinajstić information content (AvgIpc) is 3.41. The van der Waals surface area contributed by atoms with E-state index in [1.807, 2.05) is 36.4 Å². The summed E-state index contributed by atoms with van der Waals surface area (Å²) in [4.78, 5) is 12.6. The SMILES string of the molecule is O=C(NNc1ccc(-c2cccc(Cl)c2Cl)o1)c1cc2c(ccc3ccccc32)o1. The van der Waals surface area contributed by atoms with Crippen molar-refractivity contribution in [1.29, 1.82) is 0 Å². The van der Waals surface area contributed by atoms with Crippen LogP contribution >= 0.6 is 23.2 Å². The fraction of sp³-hybridized carbons (Fsp3) is 0. The first-order valence-corrected chi connectivity index (χ1v) is 9.87. The zero-order chi connectivity index (χ0) is 20.7. The first-order valence-electron chi connectivity index (χ1n) is 9.12. The molecule has 0 fully saturated rings. The highest BCUT2D eigenvalue weighted by molar-refractivity contribution is 6.43. The Labute approximate surface area is 181 Å². The first kappa shape index (κ1) is 18.6. The molecule has 5 rings (SSSR count). The van der Waals surface area contributed by atoms with Gasteiger partial charge in [-0.2, -0.15) is 0 Å². The second-order valence-corrected chi connectivity index (χ2v) is 7.44. The van der Waals surface area contributed by atoms with Gasteiger partial charge in [0, 0.05) is 17.0 Å². The third kappa shape index (κ3) is 3.28. The molecular weight excluding hydrogens is 423 g/mol. The molecular formula is C23H14Cl2N2O3. The van der Waals surface area contributed by atoms with Crippen LogP contribution in [-0.2, 0) is 0 Å². The van der Waals surface area contributed by atoms with Crippen LogP contribution in [0.5, 0.6) is 0 Å². The maximum atomic E-state index is 12.6. The van der Waals surface area contributed by atoms with Crippen molar-refractivity contribution >= 4 is 56.7 Å². The lowest BCUT2D eigenvalue weighted by Gasteiger charge is -2.04. The molecule has 2 heterocycles. The quantitative estimate of drug-likeness (QED) is 0.300. The van der Waals surface area contributed by atoms with E-state index in [0.29, 0.717) is 32.8 Å². The molecule has 0 atom stereocenters. The molecule has 5 aromatic rings. The number of hydrogen-bond acceptors (Lipinski definition) is 4. The molecule has 3 aromatic carbocycles. The Balaban J connectivity index is 1.35. The number of carbonyl (C=O) groups is 1. The van der Waals surface area contributed by atoms with Crippen LogP contribution in [-0.4, -0.2) is 5.91 Å². The summed E-state index contributed by atoms with van der Waals surface area (Å²) in [6.45, 7) is 0. The minimum Gasteiger partial charge on any atom is -0.451 e. The van der Waals surface area contributed by atoms with Crippen LogP contribution < -0.4 is 10.9 Å². The highest BCUT2D eigenvalue weighted by Crippen LogP contribution is 2.35. The number of nitrogens with one attached hydrogen (secondary N) is 2. The fourth-order valence-electron chi connectivity index (χ4n) is 3.33. The topological polar surface area (TPSA) is 67.4 Å². The molecule has 5 nitrogen and oxygen atoms in total. The summed E-state index contributed by atoms with van der Waals surface area (Å²) in [5.41, 5.74) is 6.63. The van der Waals surface area contributed by atoms with Crippen molar-refractivity contribution < 1.29 is 13.6 Å². The molecule has 2 N–H and O–H groups in total. The molecule has 0 radical (unpaired) electrons.